The van der Waals surface area contributed by atoms with Crippen LogP contribution in [-0.4, -0.2) is 17.8 Å². The zero-order valence-corrected chi connectivity index (χ0v) is 14.1. The minimum atomic E-state index is 0.123. The summed E-state index contributed by atoms with van der Waals surface area (Å²) in [7, 11) is 0. The summed E-state index contributed by atoms with van der Waals surface area (Å²) in [4.78, 5) is 1.21. The van der Waals surface area contributed by atoms with Gasteiger partial charge in [-0.25, -0.2) is 0 Å². The summed E-state index contributed by atoms with van der Waals surface area (Å²) in [5, 5.41) is 10.9. The lowest BCUT2D eigenvalue weighted by molar-refractivity contribution is -0.0307. The molecule has 0 aliphatic heterocycles. The standard InChI is InChI=1S/C18H26O2S/c1-14-10-16(12-18(2,3)11-14)20-13-17-15(7-9-21-17)6-4-5-8-19/h7,9,14,16,19H,5,8,10-13H2,1-3H3. The summed E-state index contributed by atoms with van der Waals surface area (Å²) >= 11 is 1.71. The Hall–Kier alpha value is -0.820. The van der Waals surface area contributed by atoms with E-state index in [0.29, 0.717) is 24.5 Å². The summed E-state index contributed by atoms with van der Waals surface area (Å²) in [5.41, 5.74) is 1.44. The number of aliphatic hydroxyl groups excluding tert-OH is 1. The van der Waals surface area contributed by atoms with Crippen LogP contribution in [0, 0.1) is 23.2 Å². The summed E-state index contributed by atoms with van der Waals surface area (Å²) in [6, 6.07) is 2.04. The van der Waals surface area contributed by atoms with Crippen LogP contribution in [0.5, 0.6) is 0 Å². The molecule has 116 valence electrons. The van der Waals surface area contributed by atoms with Gasteiger partial charge in [-0.05, 0) is 42.0 Å². The number of hydrogen-bond acceptors (Lipinski definition) is 3. The van der Waals surface area contributed by atoms with Gasteiger partial charge in [0, 0.05) is 16.9 Å². The van der Waals surface area contributed by atoms with Gasteiger partial charge in [0.15, 0.2) is 0 Å². The second kappa shape index (κ2) is 7.45. The van der Waals surface area contributed by atoms with Gasteiger partial charge in [-0.3, -0.25) is 0 Å². The van der Waals surface area contributed by atoms with E-state index in [1.807, 2.05) is 6.07 Å². The van der Waals surface area contributed by atoms with Crippen LogP contribution in [0.2, 0.25) is 0 Å². The van der Waals surface area contributed by atoms with Crippen molar-refractivity contribution < 1.29 is 9.84 Å². The first-order valence-electron chi connectivity index (χ1n) is 7.78. The number of ether oxygens (including phenoxy) is 1. The molecule has 1 aliphatic rings. The van der Waals surface area contributed by atoms with Crippen LogP contribution >= 0.6 is 11.3 Å². The smallest absolute Gasteiger partial charge is 0.0825 e. The van der Waals surface area contributed by atoms with Gasteiger partial charge in [-0.1, -0.05) is 32.6 Å². The fraction of sp³-hybridized carbons (Fsp3) is 0.667. The maximum atomic E-state index is 8.79. The van der Waals surface area contributed by atoms with Crippen LogP contribution < -0.4 is 0 Å². The van der Waals surface area contributed by atoms with Gasteiger partial charge < -0.3 is 9.84 Å². The maximum absolute atomic E-state index is 8.79. The topological polar surface area (TPSA) is 29.5 Å². The van der Waals surface area contributed by atoms with E-state index in [2.05, 4.69) is 38.0 Å². The first kappa shape index (κ1) is 16.5. The van der Waals surface area contributed by atoms with Gasteiger partial charge in [-0.2, -0.15) is 0 Å². The average molecular weight is 306 g/mol. The summed E-state index contributed by atoms with van der Waals surface area (Å²) in [6.45, 7) is 7.80. The Morgan fingerprint density at radius 2 is 2.24 bits per heavy atom. The fourth-order valence-corrected chi connectivity index (χ4v) is 4.11. The zero-order valence-electron chi connectivity index (χ0n) is 13.3. The van der Waals surface area contributed by atoms with E-state index in [9.17, 15) is 0 Å². The first-order chi connectivity index (χ1) is 10.00. The summed E-state index contributed by atoms with van der Waals surface area (Å²) < 4.78 is 6.17. The molecule has 0 spiro atoms. The van der Waals surface area contributed by atoms with Crippen LogP contribution in [0.1, 0.15) is 56.9 Å². The first-order valence-corrected chi connectivity index (χ1v) is 8.66. The Kier molecular flexibility index (Phi) is 5.87. The third kappa shape index (κ3) is 5.14. The average Bonchev–Trinajstić information content (AvgIpc) is 2.82. The van der Waals surface area contributed by atoms with E-state index in [1.165, 1.54) is 17.7 Å². The van der Waals surface area contributed by atoms with Crippen molar-refractivity contribution in [2.24, 2.45) is 11.3 Å². The molecule has 0 saturated heterocycles. The molecule has 0 amide bonds. The van der Waals surface area contributed by atoms with Crippen LogP contribution in [-0.2, 0) is 11.3 Å². The van der Waals surface area contributed by atoms with Crippen molar-refractivity contribution in [2.75, 3.05) is 6.61 Å². The molecular formula is C18H26O2S. The minimum absolute atomic E-state index is 0.123. The normalized spacial score (nSPS) is 24.4. The largest absolute Gasteiger partial charge is 0.395 e. The molecule has 1 N–H and O–H groups in total. The Morgan fingerprint density at radius 1 is 1.43 bits per heavy atom. The van der Waals surface area contributed by atoms with Crippen molar-refractivity contribution in [1.82, 2.24) is 0 Å². The quantitative estimate of drug-likeness (QED) is 0.844. The van der Waals surface area contributed by atoms with Gasteiger partial charge in [0.25, 0.3) is 0 Å². The van der Waals surface area contributed by atoms with E-state index < -0.39 is 0 Å². The minimum Gasteiger partial charge on any atom is -0.395 e. The van der Waals surface area contributed by atoms with Gasteiger partial charge in [0.1, 0.15) is 0 Å². The molecule has 2 atom stereocenters. The third-order valence-corrected chi connectivity index (χ3v) is 4.90. The Bertz CT molecular complexity index is 507. The van der Waals surface area contributed by atoms with Crippen LogP contribution in [0.15, 0.2) is 11.4 Å². The highest BCUT2D eigenvalue weighted by Gasteiger charge is 2.32. The monoisotopic (exact) mass is 306 g/mol. The molecule has 1 heterocycles. The SMILES string of the molecule is CC1CC(OCc2sccc2C#CCCO)CC(C)(C)C1. The predicted octanol–water partition coefficient (Wildman–Crippen LogP) is 4.21. The summed E-state index contributed by atoms with van der Waals surface area (Å²) in [6.07, 6.45) is 4.51. The van der Waals surface area contributed by atoms with Crippen LogP contribution in [0.25, 0.3) is 0 Å². The van der Waals surface area contributed by atoms with Crippen molar-refractivity contribution in [1.29, 1.82) is 0 Å². The number of rotatable bonds is 4. The summed E-state index contributed by atoms with van der Waals surface area (Å²) in [5.74, 6) is 6.86. The number of aliphatic hydroxyl groups is 1. The Labute approximate surface area is 132 Å². The highest BCUT2D eigenvalue weighted by atomic mass is 32.1. The van der Waals surface area contributed by atoms with E-state index in [4.69, 9.17) is 9.84 Å². The predicted molar refractivity (Wildman–Crippen MR) is 88.3 cm³/mol. The van der Waals surface area contributed by atoms with E-state index in [-0.39, 0.29) is 6.61 Å². The molecule has 3 heteroatoms. The molecule has 1 fully saturated rings. The van der Waals surface area contributed by atoms with Crippen molar-refractivity contribution in [3.8, 4) is 11.8 Å². The molecule has 1 aliphatic carbocycles. The Balaban J connectivity index is 1.92. The van der Waals surface area contributed by atoms with Gasteiger partial charge in [0.2, 0.25) is 0 Å². The van der Waals surface area contributed by atoms with E-state index in [0.717, 1.165) is 17.9 Å². The maximum Gasteiger partial charge on any atom is 0.0825 e. The molecule has 0 radical (unpaired) electrons. The molecule has 1 aromatic rings. The van der Waals surface area contributed by atoms with Crippen LogP contribution in [0.4, 0.5) is 0 Å². The molecule has 2 nitrogen and oxygen atoms in total. The van der Waals surface area contributed by atoms with Crippen molar-refractivity contribution in [3.05, 3.63) is 21.9 Å². The number of hydrogen-bond donors (Lipinski definition) is 1. The van der Waals surface area contributed by atoms with Crippen LogP contribution in [0.3, 0.4) is 0 Å². The van der Waals surface area contributed by atoms with E-state index in [1.54, 1.807) is 11.3 Å². The highest BCUT2D eigenvalue weighted by Crippen LogP contribution is 2.40. The van der Waals surface area contributed by atoms with Gasteiger partial charge in [-0.15, -0.1) is 11.3 Å². The lowest BCUT2D eigenvalue weighted by atomic mass is 9.71. The molecule has 2 rings (SSSR count). The molecule has 2 unspecified atom stereocenters. The fourth-order valence-electron chi connectivity index (χ4n) is 3.36. The van der Waals surface area contributed by atoms with E-state index >= 15 is 0 Å². The molecule has 0 bridgehead atoms. The lowest BCUT2D eigenvalue weighted by Crippen LogP contribution is -2.32. The van der Waals surface area contributed by atoms with Gasteiger partial charge in [0.05, 0.1) is 19.3 Å². The van der Waals surface area contributed by atoms with Crippen molar-refractivity contribution in [3.63, 3.8) is 0 Å². The lowest BCUT2D eigenvalue weighted by Gasteiger charge is -2.38. The second-order valence-corrected chi connectivity index (χ2v) is 7.88. The zero-order chi connectivity index (χ0) is 15.3. The third-order valence-electron chi connectivity index (χ3n) is 4.00. The molecule has 1 saturated carbocycles. The van der Waals surface area contributed by atoms with Crippen molar-refractivity contribution >= 4 is 11.3 Å². The molecule has 1 aromatic heterocycles. The van der Waals surface area contributed by atoms with Gasteiger partial charge >= 0.3 is 0 Å². The molecular weight excluding hydrogens is 280 g/mol. The Morgan fingerprint density at radius 3 is 2.95 bits per heavy atom. The second-order valence-electron chi connectivity index (χ2n) is 6.88. The molecule has 0 aromatic carbocycles. The number of thiophene rings is 1. The molecule has 21 heavy (non-hydrogen) atoms. The van der Waals surface area contributed by atoms with Crippen molar-refractivity contribution in [2.45, 2.75) is 59.2 Å². The highest BCUT2D eigenvalue weighted by molar-refractivity contribution is 7.10.